The Morgan fingerprint density at radius 1 is 1.32 bits per heavy atom. The molecule has 0 spiro atoms. The standard InChI is InChI=1S/C14H16Cl2N2O/c1-9(2)18-8-11(7-17-18)14(19)5-10-3-4-12(15)6-13(10)16/h3-4,6-9,14,19H,5H2,1-2H3. The average Bonchev–Trinajstić information content (AvgIpc) is 2.82. The van der Waals surface area contributed by atoms with Crippen molar-refractivity contribution in [3.63, 3.8) is 0 Å². The van der Waals surface area contributed by atoms with Crippen LogP contribution in [-0.4, -0.2) is 14.9 Å². The number of aromatic nitrogens is 2. The molecule has 0 saturated carbocycles. The Labute approximate surface area is 122 Å². The van der Waals surface area contributed by atoms with Gasteiger partial charge in [-0.25, -0.2) is 0 Å². The van der Waals surface area contributed by atoms with Crippen LogP contribution in [0.3, 0.4) is 0 Å². The van der Waals surface area contributed by atoms with Gasteiger partial charge in [0.25, 0.3) is 0 Å². The van der Waals surface area contributed by atoms with Crippen LogP contribution in [0.1, 0.15) is 37.1 Å². The molecule has 1 heterocycles. The van der Waals surface area contributed by atoms with Gasteiger partial charge in [-0.3, -0.25) is 4.68 Å². The first-order valence-electron chi connectivity index (χ1n) is 6.13. The van der Waals surface area contributed by atoms with E-state index < -0.39 is 6.10 Å². The highest BCUT2D eigenvalue weighted by molar-refractivity contribution is 6.35. The summed E-state index contributed by atoms with van der Waals surface area (Å²) in [6.07, 6.45) is 3.37. The molecule has 2 rings (SSSR count). The first-order chi connectivity index (χ1) is 8.97. The van der Waals surface area contributed by atoms with E-state index in [4.69, 9.17) is 23.2 Å². The molecule has 2 aromatic rings. The molecule has 0 aliphatic heterocycles. The molecule has 1 atom stereocenters. The topological polar surface area (TPSA) is 38.0 Å². The number of rotatable bonds is 4. The van der Waals surface area contributed by atoms with Crippen molar-refractivity contribution >= 4 is 23.2 Å². The largest absolute Gasteiger partial charge is 0.388 e. The Balaban J connectivity index is 2.13. The Bertz CT molecular complexity index is 566. The Hall–Kier alpha value is -1.03. The normalized spacial score (nSPS) is 12.9. The van der Waals surface area contributed by atoms with E-state index in [1.807, 2.05) is 30.8 Å². The van der Waals surface area contributed by atoms with Crippen LogP contribution < -0.4 is 0 Å². The van der Waals surface area contributed by atoms with Crippen molar-refractivity contribution in [3.8, 4) is 0 Å². The van der Waals surface area contributed by atoms with Crippen LogP contribution in [0.15, 0.2) is 30.6 Å². The zero-order valence-corrected chi connectivity index (χ0v) is 12.4. The van der Waals surface area contributed by atoms with E-state index in [0.717, 1.165) is 11.1 Å². The number of aliphatic hydroxyl groups is 1. The van der Waals surface area contributed by atoms with Crippen LogP contribution in [0.4, 0.5) is 0 Å². The second-order valence-corrected chi connectivity index (χ2v) is 5.65. The molecule has 0 aliphatic rings. The van der Waals surface area contributed by atoms with Gasteiger partial charge in [0.2, 0.25) is 0 Å². The Kier molecular flexibility index (Phi) is 4.50. The third-order valence-corrected chi connectivity index (χ3v) is 3.55. The van der Waals surface area contributed by atoms with Crippen LogP contribution in [0, 0.1) is 0 Å². The monoisotopic (exact) mass is 298 g/mol. The molecule has 0 aliphatic carbocycles. The van der Waals surface area contributed by atoms with Crippen molar-refractivity contribution in [2.45, 2.75) is 32.4 Å². The zero-order valence-electron chi connectivity index (χ0n) is 10.8. The quantitative estimate of drug-likeness (QED) is 0.925. The second-order valence-electron chi connectivity index (χ2n) is 4.80. The van der Waals surface area contributed by atoms with Gasteiger partial charge >= 0.3 is 0 Å². The fraction of sp³-hybridized carbons (Fsp3) is 0.357. The minimum atomic E-state index is -0.619. The first-order valence-corrected chi connectivity index (χ1v) is 6.89. The third kappa shape index (κ3) is 3.50. The van der Waals surface area contributed by atoms with E-state index in [0.29, 0.717) is 16.5 Å². The highest BCUT2D eigenvalue weighted by atomic mass is 35.5. The van der Waals surface area contributed by atoms with Gasteiger partial charge in [0.05, 0.1) is 12.3 Å². The molecule has 1 aromatic heterocycles. The van der Waals surface area contributed by atoms with Crippen molar-refractivity contribution in [1.29, 1.82) is 0 Å². The summed E-state index contributed by atoms with van der Waals surface area (Å²) in [5.74, 6) is 0. The fourth-order valence-corrected chi connectivity index (χ4v) is 2.31. The zero-order chi connectivity index (χ0) is 14.0. The summed E-state index contributed by atoms with van der Waals surface area (Å²) in [5.41, 5.74) is 1.66. The van der Waals surface area contributed by atoms with Crippen LogP contribution in [0.5, 0.6) is 0 Å². The van der Waals surface area contributed by atoms with Crippen molar-refractivity contribution in [2.24, 2.45) is 0 Å². The van der Waals surface area contributed by atoms with Crippen molar-refractivity contribution in [1.82, 2.24) is 9.78 Å². The van der Waals surface area contributed by atoms with Gasteiger partial charge in [0, 0.05) is 34.3 Å². The van der Waals surface area contributed by atoms with E-state index >= 15 is 0 Å². The van der Waals surface area contributed by atoms with Gasteiger partial charge in [-0.05, 0) is 31.5 Å². The molecule has 0 bridgehead atoms. The van der Waals surface area contributed by atoms with Crippen LogP contribution in [0.25, 0.3) is 0 Å². The lowest BCUT2D eigenvalue weighted by Gasteiger charge is -2.10. The smallest absolute Gasteiger partial charge is 0.0861 e. The number of hydrogen-bond donors (Lipinski definition) is 1. The second kappa shape index (κ2) is 5.95. The average molecular weight is 299 g/mol. The molecule has 1 aromatic carbocycles. The number of aliphatic hydroxyl groups excluding tert-OH is 1. The molecule has 5 heteroatoms. The van der Waals surface area contributed by atoms with Gasteiger partial charge in [-0.15, -0.1) is 0 Å². The predicted octanol–water partition coefficient (Wildman–Crippen LogP) is 4.05. The summed E-state index contributed by atoms with van der Waals surface area (Å²) in [5, 5.41) is 15.6. The van der Waals surface area contributed by atoms with Gasteiger partial charge in [-0.2, -0.15) is 5.10 Å². The molecule has 0 amide bonds. The van der Waals surface area contributed by atoms with E-state index in [1.54, 1.807) is 18.3 Å². The molecular weight excluding hydrogens is 283 g/mol. The number of nitrogens with zero attached hydrogens (tertiary/aromatic N) is 2. The molecule has 19 heavy (non-hydrogen) atoms. The molecule has 0 fully saturated rings. The van der Waals surface area contributed by atoms with Gasteiger partial charge in [-0.1, -0.05) is 29.3 Å². The third-order valence-electron chi connectivity index (χ3n) is 2.96. The highest BCUT2D eigenvalue weighted by Gasteiger charge is 2.14. The summed E-state index contributed by atoms with van der Waals surface area (Å²) in [6, 6.07) is 5.57. The lowest BCUT2D eigenvalue weighted by Crippen LogP contribution is -2.03. The minimum absolute atomic E-state index is 0.278. The van der Waals surface area contributed by atoms with Gasteiger partial charge in [0.15, 0.2) is 0 Å². The summed E-state index contributed by atoms with van der Waals surface area (Å²) in [6.45, 7) is 4.08. The summed E-state index contributed by atoms with van der Waals surface area (Å²) in [7, 11) is 0. The van der Waals surface area contributed by atoms with E-state index in [2.05, 4.69) is 5.10 Å². The molecule has 0 radical (unpaired) electrons. The lowest BCUT2D eigenvalue weighted by molar-refractivity contribution is 0.178. The predicted molar refractivity (Wildman–Crippen MR) is 77.7 cm³/mol. The van der Waals surface area contributed by atoms with Crippen LogP contribution >= 0.6 is 23.2 Å². The highest BCUT2D eigenvalue weighted by Crippen LogP contribution is 2.26. The van der Waals surface area contributed by atoms with Crippen LogP contribution in [0.2, 0.25) is 10.0 Å². The van der Waals surface area contributed by atoms with Crippen LogP contribution in [-0.2, 0) is 6.42 Å². The maximum Gasteiger partial charge on any atom is 0.0861 e. The van der Waals surface area contributed by atoms with Crippen molar-refractivity contribution in [3.05, 3.63) is 51.8 Å². The molecule has 1 N–H and O–H groups in total. The summed E-state index contributed by atoms with van der Waals surface area (Å²) < 4.78 is 1.82. The lowest BCUT2D eigenvalue weighted by atomic mass is 10.0. The molecule has 0 saturated heterocycles. The van der Waals surface area contributed by atoms with E-state index in [-0.39, 0.29) is 6.04 Å². The fourth-order valence-electron chi connectivity index (χ4n) is 1.82. The summed E-state index contributed by atoms with van der Waals surface area (Å²) in [4.78, 5) is 0. The number of benzene rings is 1. The van der Waals surface area contributed by atoms with Gasteiger partial charge < -0.3 is 5.11 Å². The number of halogens is 2. The molecule has 1 unspecified atom stereocenters. The first kappa shape index (κ1) is 14.4. The van der Waals surface area contributed by atoms with Crippen molar-refractivity contribution in [2.75, 3.05) is 0 Å². The van der Waals surface area contributed by atoms with E-state index in [9.17, 15) is 5.11 Å². The van der Waals surface area contributed by atoms with Gasteiger partial charge in [0.1, 0.15) is 0 Å². The SMILES string of the molecule is CC(C)n1cc(C(O)Cc2ccc(Cl)cc2Cl)cn1. The Morgan fingerprint density at radius 2 is 2.05 bits per heavy atom. The molecule has 3 nitrogen and oxygen atoms in total. The maximum atomic E-state index is 10.2. The number of hydrogen-bond acceptors (Lipinski definition) is 2. The minimum Gasteiger partial charge on any atom is -0.388 e. The maximum absolute atomic E-state index is 10.2. The Morgan fingerprint density at radius 3 is 2.63 bits per heavy atom. The molecular formula is C14H16Cl2N2O. The summed E-state index contributed by atoms with van der Waals surface area (Å²) >= 11 is 11.9. The van der Waals surface area contributed by atoms with E-state index in [1.165, 1.54) is 0 Å². The van der Waals surface area contributed by atoms with Crippen molar-refractivity contribution < 1.29 is 5.11 Å². The molecule has 102 valence electrons.